The van der Waals surface area contributed by atoms with Crippen LogP contribution in [0.25, 0.3) is 43.1 Å². The van der Waals surface area contributed by atoms with E-state index >= 15 is 28.8 Å². The van der Waals surface area contributed by atoms with E-state index < -0.39 is 71.3 Å². The molecule has 4 aromatic heterocycles. The lowest BCUT2D eigenvalue weighted by Crippen LogP contribution is -2.52. The number of pyridine rings is 4. The third-order valence-corrected chi connectivity index (χ3v) is 23.0. The number of nitrogens with one attached hydrogen (secondary N) is 4. The molecule has 2 aliphatic rings. The number of esters is 2. The highest BCUT2D eigenvalue weighted by molar-refractivity contribution is 6.45. The number of nitrogens with zero attached hydrogens (tertiary/aromatic N) is 6. The Hall–Kier alpha value is -19.8. The summed E-state index contributed by atoms with van der Waals surface area (Å²) in [7, 11) is 0. The molecule has 0 fully saturated rings. The minimum Gasteiger partial charge on any atom is -0.459 e. The van der Waals surface area contributed by atoms with Crippen molar-refractivity contribution in [2.45, 2.75) is 38.1 Å². The van der Waals surface area contributed by atoms with Gasteiger partial charge in [0.2, 0.25) is 47.1 Å². The van der Waals surface area contributed by atoms with Crippen molar-refractivity contribution in [3.63, 3.8) is 0 Å². The Balaban J connectivity index is 0.892. The second-order valence-electron chi connectivity index (χ2n) is 32.3. The van der Waals surface area contributed by atoms with Gasteiger partial charge < -0.3 is 68.6 Å². The smallest absolute Gasteiger partial charge is 0.330 e. The van der Waals surface area contributed by atoms with E-state index in [0.29, 0.717) is 45.0 Å². The van der Waals surface area contributed by atoms with Gasteiger partial charge in [-0.15, -0.1) is 0 Å². The van der Waals surface area contributed by atoms with Gasteiger partial charge in [-0.3, -0.25) is 48.2 Å². The van der Waals surface area contributed by atoms with E-state index in [0.717, 1.165) is 34.1 Å². The fourth-order valence-corrected chi connectivity index (χ4v) is 16.6. The van der Waals surface area contributed by atoms with Gasteiger partial charge in [-0.1, -0.05) is 148 Å². The van der Waals surface area contributed by atoms with Crippen molar-refractivity contribution in [3.8, 4) is 92.5 Å². The molecule has 0 saturated heterocycles. The number of ether oxygens (including phenoxy) is 10. The molecular weight excluding hydrogens is 1810 g/mol. The van der Waals surface area contributed by atoms with Crippen LogP contribution in [0.15, 0.2) is 367 Å². The highest BCUT2D eigenvalue weighted by atomic mass is 16.5. The summed E-state index contributed by atoms with van der Waals surface area (Å²) >= 11 is 0. The van der Waals surface area contributed by atoms with Crippen molar-refractivity contribution >= 4 is 125 Å². The predicted molar refractivity (Wildman–Crippen MR) is 528 cm³/mol. The summed E-state index contributed by atoms with van der Waals surface area (Å²) in [5, 5.41) is 10.8. The maximum absolute atomic E-state index is 17.0. The van der Waals surface area contributed by atoms with Gasteiger partial charge in [-0.05, 0) is 192 Å². The van der Waals surface area contributed by atoms with Gasteiger partial charge >= 0.3 is 11.9 Å². The topological polar surface area (TPSA) is 369 Å². The number of imide groups is 2. The monoisotopic (exact) mass is 1880 g/mol. The minimum atomic E-state index is -1.70. The number of fused-ring (bicyclic) bond motifs is 2. The van der Waals surface area contributed by atoms with Crippen LogP contribution in [0.5, 0.6) is 92.5 Å². The predicted octanol–water partition coefficient (Wildman–Crippen LogP) is 22.1. The fraction of sp³-hybridized carbons (Fsp3) is 0.0536. The summed E-state index contributed by atoms with van der Waals surface area (Å²) < 4.78 is 67.1. The van der Waals surface area contributed by atoms with E-state index in [9.17, 15) is 19.2 Å². The minimum absolute atomic E-state index is 0.0199. The Bertz CT molecular complexity index is 7100. The van der Waals surface area contributed by atoms with Crippen molar-refractivity contribution in [2.75, 3.05) is 21.3 Å². The molecule has 0 radical (unpaired) electrons. The summed E-state index contributed by atoms with van der Waals surface area (Å²) in [5.41, 5.74) is 2.77. The molecule has 696 valence electrons. The van der Waals surface area contributed by atoms with E-state index in [-0.39, 0.29) is 184 Å². The van der Waals surface area contributed by atoms with Crippen molar-refractivity contribution in [2.24, 2.45) is 0 Å². The van der Waals surface area contributed by atoms with Gasteiger partial charge in [-0.25, -0.2) is 29.5 Å². The molecule has 8 amide bonds. The lowest BCUT2D eigenvalue weighted by atomic mass is 9.80. The van der Waals surface area contributed by atoms with Crippen LogP contribution in [0, 0.1) is 0 Å². The lowest BCUT2D eigenvalue weighted by molar-refractivity contribution is -0.150. The zero-order valence-corrected chi connectivity index (χ0v) is 75.0. The molecule has 2 atom stereocenters. The Kier molecular flexibility index (Phi) is 26.0. The Morgan fingerprint density at radius 3 is 0.711 bits per heavy atom. The number of aromatic nitrogens is 4. The number of benzene rings is 13. The number of hydrogen-bond donors (Lipinski definition) is 4. The number of carbonyl (C=O) groups is 10. The first-order valence-corrected chi connectivity index (χ1v) is 44.3. The van der Waals surface area contributed by atoms with Crippen LogP contribution in [0.3, 0.4) is 0 Å². The van der Waals surface area contributed by atoms with E-state index in [1.54, 1.807) is 243 Å². The van der Waals surface area contributed by atoms with Gasteiger partial charge in [-0.2, -0.15) is 0 Å². The van der Waals surface area contributed by atoms with Crippen LogP contribution in [-0.4, -0.2) is 101 Å². The van der Waals surface area contributed by atoms with Crippen LogP contribution >= 0.6 is 0 Å². The summed E-state index contributed by atoms with van der Waals surface area (Å²) in [6, 6.07) is 74.8. The molecule has 0 aliphatic carbocycles. The Morgan fingerprint density at radius 1 is 0.268 bits per heavy atom. The molecular formula is C112H78N10O20. The van der Waals surface area contributed by atoms with Crippen molar-refractivity contribution in [1.82, 2.24) is 29.7 Å². The molecule has 4 N–H and O–H groups in total. The molecule has 0 bridgehead atoms. The molecule has 30 heteroatoms. The van der Waals surface area contributed by atoms with E-state index in [1.807, 2.05) is 0 Å². The van der Waals surface area contributed by atoms with Crippen LogP contribution in [0.4, 0.5) is 22.7 Å². The first-order chi connectivity index (χ1) is 69.2. The van der Waals surface area contributed by atoms with Crippen LogP contribution in [0.1, 0.15) is 63.7 Å². The van der Waals surface area contributed by atoms with Crippen molar-refractivity contribution in [3.05, 3.63) is 411 Å². The van der Waals surface area contributed by atoms with Gasteiger partial charge in [0.05, 0.1) is 22.3 Å². The molecule has 19 rings (SSSR count). The number of carbonyl (C=O) groups excluding carboxylic acids is 10. The van der Waals surface area contributed by atoms with Crippen molar-refractivity contribution in [1.29, 1.82) is 0 Å². The molecule has 142 heavy (non-hydrogen) atoms. The largest absolute Gasteiger partial charge is 0.459 e. The lowest BCUT2D eigenvalue weighted by Gasteiger charge is -2.35. The Labute approximate surface area is 808 Å². The first kappa shape index (κ1) is 91.3. The first-order valence-electron chi connectivity index (χ1n) is 44.3. The van der Waals surface area contributed by atoms with E-state index in [4.69, 9.17) is 47.4 Å². The quantitative estimate of drug-likeness (QED) is 0.00931. The molecule has 6 heterocycles. The number of hydrogen-bond acceptors (Lipinski definition) is 24. The maximum atomic E-state index is 17.0. The molecule has 17 aromatic rings. The summed E-state index contributed by atoms with van der Waals surface area (Å²) in [4.78, 5) is 169. The highest BCUT2D eigenvalue weighted by Crippen LogP contribution is 2.59. The molecule has 0 spiro atoms. The summed E-state index contributed by atoms with van der Waals surface area (Å²) in [6.07, 6.45) is 9.66. The average Bonchev–Trinajstić information content (AvgIpc) is 0.668. The third kappa shape index (κ3) is 19.7. The third-order valence-electron chi connectivity index (χ3n) is 23.0. The van der Waals surface area contributed by atoms with E-state index in [2.05, 4.69) is 67.5 Å². The summed E-state index contributed by atoms with van der Waals surface area (Å²) in [5.74, 6) is -7.13. The van der Waals surface area contributed by atoms with Gasteiger partial charge in [0.25, 0.3) is 23.6 Å². The van der Waals surface area contributed by atoms with Crippen LogP contribution in [0.2, 0.25) is 0 Å². The van der Waals surface area contributed by atoms with Crippen LogP contribution < -0.4 is 59.2 Å². The number of amides is 8. The fourth-order valence-electron chi connectivity index (χ4n) is 16.6. The van der Waals surface area contributed by atoms with E-state index in [1.165, 1.54) is 73.3 Å². The molecule has 13 aromatic carbocycles. The summed E-state index contributed by atoms with van der Waals surface area (Å²) in [6.45, 7) is 13.7. The number of rotatable bonds is 36. The Morgan fingerprint density at radius 2 is 0.486 bits per heavy atom. The maximum Gasteiger partial charge on any atom is 0.330 e. The van der Waals surface area contributed by atoms with Crippen molar-refractivity contribution < 1.29 is 95.3 Å². The molecule has 2 aliphatic heterocycles. The normalized spacial score (nSPS) is 12.3. The second-order valence-corrected chi connectivity index (χ2v) is 32.3. The molecule has 2 unspecified atom stereocenters. The van der Waals surface area contributed by atoms with Gasteiger partial charge in [0.1, 0.15) is 94.3 Å². The standard InChI is InChI=1S/C112H78N10O20/c1-5-91(123)117-69-45-49-113-95(55-69)139-77-37-29-73(30-38-77)135-87-59-81-99-82(108(128)121(107(81)127)85(53-65-21-13-9-14-22-65)111(131)133-63-67-25-17-11-18-26-67)61-89(137-75-33-41-79(42-34-75)141-97-57-71(47-51-115-97)119-93(125)7-3)103-104-90(138-76-35-43-80(44-36-76)142-98-58-72(48-52-116-98)120-94(126)8-4)62-84-100-83(109(129)122(110(84)130)86(54-66-23-15-10-16-24-66)112(132)134-64-68-27-19-12-20-28-68)60-88(102(106(100)104)101(87)105(99)103)136-74-31-39-78(40-32-74)140-96-56-70(46-50-114-96)118-92(124)6-2/h5-52,55-62,85-86H,1-4,53-54,63-64H2,(H,113,117,123)(H,114,118,124)(H,115,119,125)(H,116,120,126). The zero-order chi connectivity index (χ0) is 98.0. The van der Waals surface area contributed by atoms with Gasteiger partial charge in [0.15, 0.2) is 0 Å². The van der Waals surface area contributed by atoms with Crippen LogP contribution in [-0.2, 0) is 64.3 Å². The molecule has 0 saturated carbocycles. The average molecular weight is 1880 g/mol. The SMILES string of the molecule is C=CC(=O)Nc1ccnc(Oc2ccc(Oc3cc4c5c(cc(Oc6ccc(Oc7cc(NC(=O)C=C)ccn7)cc6)c6c7c(Oc8ccc(Oc9cc(NC(=O)C=C)ccn9)cc8)cc8c9c(cc(Oc%10ccc(Oc%11cc(NC(=O)C=C)ccn%11)cc%10)c(c3c56)c97)C(=O)N(C(Cc3ccccc3)C(=O)OCc3ccccc3)C8=O)C(=O)N(C(Cc3ccccc3)C(=O)OCc3ccccc3)C4=O)cc2)c1. The van der Waals surface area contributed by atoms with Gasteiger partial charge in [0, 0.05) is 128 Å². The zero-order valence-electron chi connectivity index (χ0n) is 75.0. The highest BCUT2D eigenvalue weighted by Gasteiger charge is 2.47. The second kappa shape index (κ2) is 40.4. The number of anilines is 4. The molecule has 30 nitrogen and oxygen atoms in total.